The van der Waals surface area contributed by atoms with Gasteiger partial charge in [-0.15, -0.1) is 0 Å². The van der Waals surface area contributed by atoms with Gasteiger partial charge >= 0.3 is 0 Å². The maximum atomic E-state index is 6.07. The fraction of sp³-hybridized carbons (Fsp3) is 0.250. The van der Waals surface area contributed by atoms with E-state index in [0.717, 1.165) is 5.56 Å². The van der Waals surface area contributed by atoms with Gasteiger partial charge in [-0.1, -0.05) is 57.3 Å². The largest absolute Gasteiger partial charge is 0.0843 e. The van der Waals surface area contributed by atoms with Gasteiger partial charge in [0.1, 0.15) is 0 Å². The predicted octanol–water partition coefficient (Wildman–Crippen LogP) is 5.97. The zero-order valence-electron chi connectivity index (χ0n) is 10.3. The zero-order chi connectivity index (χ0) is 13.4. The number of hydrogen-bond acceptors (Lipinski definition) is 0. The second-order valence-corrected chi connectivity index (χ2v) is 6.74. The van der Waals surface area contributed by atoms with Crippen LogP contribution in [0, 0.1) is 0 Å². The molecule has 3 rings (SSSR count). The lowest BCUT2D eigenvalue weighted by Crippen LogP contribution is -1.95. The molecule has 0 bridgehead atoms. The van der Waals surface area contributed by atoms with E-state index in [1.807, 2.05) is 12.1 Å². The van der Waals surface area contributed by atoms with Gasteiger partial charge in [-0.3, -0.25) is 0 Å². The maximum Gasteiger partial charge on any atom is 0.0645 e. The Hall–Kier alpha value is -0.500. The summed E-state index contributed by atoms with van der Waals surface area (Å²) in [5.41, 5.74) is 5.33. The molecule has 2 aromatic carbocycles. The summed E-state index contributed by atoms with van der Waals surface area (Å²) in [6.45, 7) is 0. The summed E-state index contributed by atoms with van der Waals surface area (Å²) >= 11 is 15.9. The summed E-state index contributed by atoms with van der Waals surface area (Å²) in [7, 11) is 0. The molecule has 0 N–H and O–H groups in total. The van der Waals surface area contributed by atoms with Crippen LogP contribution in [0.25, 0.3) is 0 Å². The Balaban J connectivity index is 1.97. The number of benzene rings is 2. The van der Waals surface area contributed by atoms with Gasteiger partial charge in [-0.25, -0.2) is 0 Å². The fourth-order valence-corrected chi connectivity index (χ4v) is 3.76. The molecule has 0 radical (unpaired) electrons. The van der Waals surface area contributed by atoms with Crippen LogP contribution in [0.15, 0.2) is 36.4 Å². The molecule has 0 aliphatic heterocycles. The first-order chi connectivity index (χ1) is 9.13. The number of fused-ring (bicyclic) bond motifs is 1. The van der Waals surface area contributed by atoms with Crippen LogP contribution in [0.5, 0.6) is 0 Å². The first-order valence-corrected chi connectivity index (χ1v) is 8.02. The van der Waals surface area contributed by atoms with Gasteiger partial charge in [-0.05, 0) is 59.7 Å². The van der Waals surface area contributed by atoms with Crippen LogP contribution in [0.4, 0.5) is 0 Å². The van der Waals surface area contributed by atoms with Crippen molar-refractivity contribution in [2.24, 2.45) is 0 Å². The van der Waals surface area contributed by atoms with Crippen molar-refractivity contribution in [3.63, 3.8) is 0 Å². The van der Waals surface area contributed by atoms with Crippen molar-refractivity contribution in [2.45, 2.75) is 24.1 Å². The molecule has 1 unspecified atom stereocenters. The Kier molecular flexibility index (Phi) is 3.88. The van der Waals surface area contributed by atoms with E-state index in [-0.39, 0.29) is 4.83 Å². The fourth-order valence-electron chi connectivity index (χ4n) is 2.66. The lowest BCUT2D eigenvalue weighted by molar-refractivity contribution is 0.911. The molecule has 0 amide bonds. The highest BCUT2D eigenvalue weighted by Gasteiger charge is 2.16. The van der Waals surface area contributed by atoms with E-state index in [1.165, 1.54) is 36.0 Å². The minimum atomic E-state index is 0.134. The highest BCUT2D eigenvalue weighted by molar-refractivity contribution is 9.09. The summed E-state index contributed by atoms with van der Waals surface area (Å²) in [6.07, 6.45) is 3.68. The molecule has 0 fully saturated rings. The predicted molar refractivity (Wildman–Crippen MR) is 85.7 cm³/mol. The van der Waals surface area contributed by atoms with Gasteiger partial charge in [0.05, 0.1) is 4.83 Å². The van der Waals surface area contributed by atoms with Crippen molar-refractivity contribution < 1.29 is 0 Å². The molecule has 98 valence electrons. The van der Waals surface area contributed by atoms with Gasteiger partial charge in [0.25, 0.3) is 0 Å². The molecule has 1 aliphatic rings. The Labute approximate surface area is 131 Å². The monoisotopic (exact) mass is 354 g/mol. The number of rotatable bonds is 2. The van der Waals surface area contributed by atoms with Gasteiger partial charge < -0.3 is 0 Å². The number of aryl methyl sites for hydroxylation is 2. The van der Waals surface area contributed by atoms with E-state index in [4.69, 9.17) is 23.2 Å². The standard InChI is InChI=1S/C16H13BrCl2/c17-16(13-7-14(18)9-15(19)8-13)12-5-4-10-2-1-3-11(10)6-12/h4-9,16H,1-3H2. The molecular formula is C16H13BrCl2. The van der Waals surface area contributed by atoms with Crippen LogP contribution in [-0.2, 0) is 12.8 Å². The smallest absolute Gasteiger partial charge is 0.0645 e. The average Bonchev–Trinajstić information content (AvgIpc) is 2.83. The molecule has 1 aliphatic carbocycles. The Morgan fingerprint density at radius 3 is 2.26 bits per heavy atom. The van der Waals surface area contributed by atoms with Crippen molar-refractivity contribution in [3.05, 3.63) is 68.7 Å². The minimum Gasteiger partial charge on any atom is -0.0843 e. The lowest BCUT2D eigenvalue weighted by Gasteiger charge is -2.13. The number of halogens is 3. The average molecular weight is 356 g/mol. The summed E-state index contributed by atoms with van der Waals surface area (Å²) in [5.74, 6) is 0. The van der Waals surface area contributed by atoms with E-state index in [9.17, 15) is 0 Å². The molecule has 2 aromatic rings. The molecule has 19 heavy (non-hydrogen) atoms. The summed E-state index contributed by atoms with van der Waals surface area (Å²) in [4.78, 5) is 0.134. The molecule has 0 nitrogen and oxygen atoms in total. The Morgan fingerprint density at radius 1 is 0.842 bits per heavy atom. The minimum absolute atomic E-state index is 0.134. The molecule has 0 heterocycles. The van der Waals surface area contributed by atoms with Crippen LogP contribution in [0.3, 0.4) is 0 Å². The van der Waals surface area contributed by atoms with Crippen molar-refractivity contribution >= 4 is 39.1 Å². The van der Waals surface area contributed by atoms with E-state index in [2.05, 4.69) is 34.1 Å². The molecule has 3 heteroatoms. The molecular weight excluding hydrogens is 343 g/mol. The molecule has 1 atom stereocenters. The van der Waals surface area contributed by atoms with Gasteiger partial charge in [0, 0.05) is 10.0 Å². The Bertz CT molecular complexity index is 602. The maximum absolute atomic E-state index is 6.07. The highest BCUT2D eigenvalue weighted by Crippen LogP contribution is 2.36. The number of hydrogen-bond donors (Lipinski definition) is 0. The summed E-state index contributed by atoms with van der Waals surface area (Å²) in [6, 6.07) is 12.4. The van der Waals surface area contributed by atoms with Gasteiger partial charge in [-0.2, -0.15) is 0 Å². The van der Waals surface area contributed by atoms with E-state index in [1.54, 1.807) is 6.07 Å². The molecule has 0 saturated heterocycles. The van der Waals surface area contributed by atoms with E-state index < -0.39 is 0 Å². The topological polar surface area (TPSA) is 0 Å². The molecule has 0 saturated carbocycles. The van der Waals surface area contributed by atoms with Crippen LogP contribution < -0.4 is 0 Å². The van der Waals surface area contributed by atoms with Crippen molar-refractivity contribution in [2.75, 3.05) is 0 Å². The zero-order valence-corrected chi connectivity index (χ0v) is 13.4. The van der Waals surface area contributed by atoms with Crippen molar-refractivity contribution in [1.29, 1.82) is 0 Å². The SMILES string of the molecule is Clc1cc(Cl)cc(C(Br)c2ccc3c(c2)CCC3)c1. The number of alkyl halides is 1. The normalized spacial score (nSPS) is 15.3. The third-order valence-corrected chi connectivity index (χ3v) is 5.09. The van der Waals surface area contributed by atoms with Crippen LogP contribution in [0.2, 0.25) is 10.0 Å². The molecule has 0 spiro atoms. The van der Waals surface area contributed by atoms with Crippen LogP contribution >= 0.6 is 39.1 Å². The van der Waals surface area contributed by atoms with E-state index >= 15 is 0 Å². The van der Waals surface area contributed by atoms with Crippen molar-refractivity contribution in [3.8, 4) is 0 Å². The van der Waals surface area contributed by atoms with Crippen molar-refractivity contribution in [1.82, 2.24) is 0 Å². The van der Waals surface area contributed by atoms with Gasteiger partial charge in [0.15, 0.2) is 0 Å². The first kappa shape index (κ1) is 13.5. The molecule has 0 aromatic heterocycles. The second-order valence-electron chi connectivity index (χ2n) is 4.95. The quantitative estimate of drug-likeness (QED) is 0.582. The van der Waals surface area contributed by atoms with Gasteiger partial charge in [0.2, 0.25) is 0 Å². The third kappa shape index (κ3) is 2.84. The van der Waals surface area contributed by atoms with E-state index in [0.29, 0.717) is 10.0 Å². The lowest BCUT2D eigenvalue weighted by atomic mass is 10.0. The van der Waals surface area contributed by atoms with Crippen LogP contribution in [0.1, 0.15) is 33.5 Å². The Morgan fingerprint density at radius 2 is 1.53 bits per heavy atom. The second kappa shape index (κ2) is 5.47. The third-order valence-electron chi connectivity index (χ3n) is 3.59. The summed E-state index contributed by atoms with van der Waals surface area (Å²) < 4.78 is 0. The summed E-state index contributed by atoms with van der Waals surface area (Å²) in [5, 5.41) is 1.35. The van der Waals surface area contributed by atoms with Crippen LogP contribution in [-0.4, -0.2) is 0 Å². The first-order valence-electron chi connectivity index (χ1n) is 6.35. The highest BCUT2D eigenvalue weighted by atomic mass is 79.9.